The first-order chi connectivity index (χ1) is 9.40. The van der Waals surface area contributed by atoms with Gasteiger partial charge in [0.15, 0.2) is 5.69 Å². The van der Waals surface area contributed by atoms with Crippen molar-refractivity contribution >= 4 is 22.5 Å². The van der Waals surface area contributed by atoms with Crippen LogP contribution in [0.1, 0.15) is 39.2 Å². The summed E-state index contributed by atoms with van der Waals surface area (Å²) in [5, 5.41) is 18.2. The van der Waals surface area contributed by atoms with Gasteiger partial charge in [-0.15, -0.1) is 10.2 Å². The first kappa shape index (κ1) is 14.2. The molecular formula is C15H19N3O2. The highest BCUT2D eigenvalue weighted by atomic mass is 16.3. The van der Waals surface area contributed by atoms with E-state index in [4.69, 9.17) is 0 Å². The highest BCUT2D eigenvalue weighted by molar-refractivity contribution is 5.95. The lowest BCUT2D eigenvalue weighted by atomic mass is 10.0. The van der Waals surface area contributed by atoms with Gasteiger partial charge in [-0.1, -0.05) is 33.8 Å². The fraction of sp³-hybridized carbons (Fsp3) is 0.400. The summed E-state index contributed by atoms with van der Waals surface area (Å²) < 4.78 is 0. The van der Waals surface area contributed by atoms with Crippen LogP contribution in [0.2, 0.25) is 0 Å². The quantitative estimate of drug-likeness (QED) is 0.819. The summed E-state index contributed by atoms with van der Waals surface area (Å²) in [6.07, 6.45) is 0. The van der Waals surface area contributed by atoms with Gasteiger partial charge in [0.05, 0.1) is 5.52 Å². The molecule has 0 saturated carbocycles. The van der Waals surface area contributed by atoms with Crippen LogP contribution in [0.3, 0.4) is 0 Å². The van der Waals surface area contributed by atoms with Crippen LogP contribution in [-0.2, 0) is 4.79 Å². The van der Waals surface area contributed by atoms with E-state index in [0.29, 0.717) is 11.6 Å². The molecule has 0 saturated heterocycles. The molecule has 0 aliphatic heterocycles. The number of aromatic nitrogens is 1. The Morgan fingerprint density at radius 1 is 1.25 bits per heavy atom. The van der Waals surface area contributed by atoms with Crippen molar-refractivity contribution in [3.63, 3.8) is 0 Å². The maximum atomic E-state index is 11.5. The van der Waals surface area contributed by atoms with Gasteiger partial charge in [0.1, 0.15) is 0 Å². The van der Waals surface area contributed by atoms with Gasteiger partial charge in [-0.2, -0.15) is 0 Å². The maximum Gasteiger partial charge on any atom is 0.267 e. The molecular weight excluding hydrogens is 254 g/mol. The zero-order chi connectivity index (χ0) is 14.9. The number of aromatic hydroxyl groups is 1. The number of fused-ring (bicyclic) bond motifs is 1. The van der Waals surface area contributed by atoms with Crippen molar-refractivity contribution in [2.24, 2.45) is 16.1 Å². The molecule has 0 aliphatic carbocycles. The molecule has 0 radical (unpaired) electrons. The zero-order valence-electron chi connectivity index (χ0n) is 12.1. The number of carbonyl (C=O) groups is 1. The molecule has 0 spiro atoms. The minimum atomic E-state index is -0.307. The van der Waals surface area contributed by atoms with Gasteiger partial charge in [0.2, 0.25) is 5.88 Å². The molecule has 1 aromatic heterocycles. The molecule has 2 N–H and O–H groups in total. The third-order valence-corrected chi connectivity index (χ3v) is 3.19. The molecule has 0 bridgehead atoms. The van der Waals surface area contributed by atoms with E-state index < -0.39 is 0 Å². The summed E-state index contributed by atoms with van der Waals surface area (Å²) in [7, 11) is 0. The third kappa shape index (κ3) is 2.71. The molecule has 5 nitrogen and oxygen atoms in total. The summed E-state index contributed by atoms with van der Waals surface area (Å²) >= 11 is 0. The predicted molar refractivity (Wildman–Crippen MR) is 78.4 cm³/mol. The lowest BCUT2D eigenvalue weighted by Gasteiger charge is -2.04. The average molecular weight is 273 g/mol. The number of amides is 1. The normalized spacial score (nSPS) is 12.1. The minimum absolute atomic E-state index is 0.0683. The molecule has 0 aliphatic rings. The summed E-state index contributed by atoms with van der Waals surface area (Å²) in [5.74, 6) is -0.212. The monoisotopic (exact) mass is 273 g/mol. The number of azo groups is 1. The lowest BCUT2D eigenvalue weighted by molar-refractivity contribution is -0.121. The number of H-pyrrole nitrogens is 1. The Labute approximate surface area is 117 Å². The van der Waals surface area contributed by atoms with Crippen LogP contribution in [0.25, 0.3) is 10.9 Å². The van der Waals surface area contributed by atoms with Gasteiger partial charge < -0.3 is 10.1 Å². The standard InChI is InChI=1S/C15H19N3O2/c1-8(2)10-5-6-12-11(7-10)13(15(20)16-12)17-18-14(19)9(3)4/h5-9,16,20H,1-4H3. The van der Waals surface area contributed by atoms with Crippen LogP contribution in [0.5, 0.6) is 5.88 Å². The molecule has 1 aromatic carbocycles. The molecule has 1 amide bonds. The van der Waals surface area contributed by atoms with Gasteiger partial charge in [-0.25, -0.2) is 0 Å². The second-order valence-corrected chi connectivity index (χ2v) is 5.47. The Hall–Kier alpha value is -2.17. The minimum Gasteiger partial charge on any atom is -0.493 e. The van der Waals surface area contributed by atoms with Crippen LogP contribution in [0.15, 0.2) is 28.4 Å². The van der Waals surface area contributed by atoms with E-state index in [1.165, 1.54) is 0 Å². The number of rotatable bonds is 3. The van der Waals surface area contributed by atoms with Crippen molar-refractivity contribution in [3.05, 3.63) is 23.8 Å². The molecule has 2 rings (SSSR count). The van der Waals surface area contributed by atoms with Gasteiger partial charge in [0.25, 0.3) is 5.91 Å². The van der Waals surface area contributed by atoms with Crippen molar-refractivity contribution in [2.75, 3.05) is 0 Å². The second-order valence-electron chi connectivity index (χ2n) is 5.47. The van der Waals surface area contributed by atoms with Crippen molar-refractivity contribution in [2.45, 2.75) is 33.6 Å². The number of nitrogens with one attached hydrogen (secondary N) is 1. The first-order valence-electron chi connectivity index (χ1n) is 6.70. The number of nitrogens with zero attached hydrogens (tertiary/aromatic N) is 2. The van der Waals surface area contributed by atoms with E-state index in [1.54, 1.807) is 13.8 Å². The van der Waals surface area contributed by atoms with Crippen molar-refractivity contribution < 1.29 is 9.90 Å². The van der Waals surface area contributed by atoms with E-state index in [2.05, 4.69) is 29.1 Å². The van der Waals surface area contributed by atoms with E-state index in [9.17, 15) is 9.90 Å². The third-order valence-electron chi connectivity index (χ3n) is 3.19. The largest absolute Gasteiger partial charge is 0.493 e. The Kier molecular flexibility index (Phi) is 3.88. The molecule has 0 fully saturated rings. The highest BCUT2D eigenvalue weighted by Gasteiger charge is 2.13. The highest BCUT2D eigenvalue weighted by Crippen LogP contribution is 2.37. The topological polar surface area (TPSA) is 77.8 Å². The second kappa shape index (κ2) is 5.45. The summed E-state index contributed by atoms with van der Waals surface area (Å²) in [6.45, 7) is 7.70. The Balaban J connectivity index is 2.49. The SMILES string of the molecule is CC(C)C(=O)N=Nc1c(O)[nH]c2ccc(C(C)C)cc12. The van der Waals surface area contributed by atoms with Crippen molar-refractivity contribution in [3.8, 4) is 5.88 Å². The fourth-order valence-corrected chi connectivity index (χ4v) is 1.86. The number of carbonyl (C=O) groups excluding carboxylic acids is 1. The van der Waals surface area contributed by atoms with Gasteiger partial charge >= 0.3 is 0 Å². The number of hydrogen-bond acceptors (Lipinski definition) is 3. The van der Waals surface area contributed by atoms with Crippen LogP contribution in [0.4, 0.5) is 5.69 Å². The van der Waals surface area contributed by atoms with E-state index >= 15 is 0 Å². The number of hydrogen-bond donors (Lipinski definition) is 2. The summed E-state index contributed by atoms with van der Waals surface area (Å²) in [6, 6.07) is 5.86. The van der Waals surface area contributed by atoms with Gasteiger partial charge in [-0.05, 0) is 23.6 Å². The average Bonchev–Trinajstić information content (AvgIpc) is 2.70. The van der Waals surface area contributed by atoms with Crippen LogP contribution in [0, 0.1) is 5.92 Å². The Morgan fingerprint density at radius 3 is 2.55 bits per heavy atom. The van der Waals surface area contributed by atoms with Crippen LogP contribution >= 0.6 is 0 Å². The van der Waals surface area contributed by atoms with Crippen LogP contribution < -0.4 is 0 Å². The van der Waals surface area contributed by atoms with Crippen molar-refractivity contribution in [1.82, 2.24) is 4.98 Å². The molecule has 5 heteroatoms. The maximum absolute atomic E-state index is 11.5. The first-order valence-corrected chi connectivity index (χ1v) is 6.70. The molecule has 2 aromatic rings. The summed E-state index contributed by atoms with van der Waals surface area (Å²) in [5.41, 5.74) is 2.23. The molecule has 0 unspecified atom stereocenters. The van der Waals surface area contributed by atoms with E-state index in [-0.39, 0.29) is 17.7 Å². The molecule has 106 valence electrons. The lowest BCUT2D eigenvalue weighted by Crippen LogP contribution is -2.01. The number of benzene rings is 1. The van der Waals surface area contributed by atoms with Gasteiger partial charge in [0, 0.05) is 11.3 Å². The van der Waals surface area contributed by atoms with E-state index in [1.807, 2.05) is 18.2 Å². The summed E-state index contributed by atoms with van der Waals surface area (Å²) in [4.78, 5) is 14.3. The van der Waals surface area contributed by atoms with E-state index in [0.717, 1.165) is 16.5 Å². The Bertz CT molecular complexity index is 669. The predicted octanol–water partition coefficient (Wildman–Crippen LogP) is 4.26. The number of aromatic amines is 1. The van der Waals surface area contributed by atoms with Gasteiger partial charge in [-0.3, -0.25) is 4.79 Å². The zero-order valence-corrected chi connectivity index (χ0v) is 12.1. The van der Waals surface area contributed by atoms with Crippen LogP contribution in [-0.4, -0.2) is 16.0 Å². The molecule has 20 heavy (non-hydrogen) atoms. The molecule has 1 heterocycles. The molecule has 0 atom stereocenters. The van der Waals surface area contributed by atoms with Crippen molar-refractivity contribution in [1.29, 1.82) is 0 Å². The fourth-order valence-electron chi connectivity index (χ4n) is 1.86. The smallest absolute Gasteiger partial charge is 0.267 e. The Morgan fingerprint density at radius 2 is 1.95 bits per heavy atom.